The number of benzene rings is 1. The van der Waals surface area contributed by atoms with Crippen LogP contribution in [0.4, 0.5) is 5.69 Å². The molecule has 1 aliphatic heterocycles. The number of carbonyl (C=O) groups is 1. The van der Waals surface area contributed by atoms with Crippen LogP contribution in [0, 0.1) is 5.92 Å². The van der Waals surface area contributed by atoms with Gasteiger partial charge >= 0.3 is 0 Å². The van der Waals surface area contributed by atoms with Crippen LogP contribution in [0.15, 0.2) is 24.4 Å². The molecule has 9 heteroatoms. The minimum atomic E-state index is -0.281. The van der Waals surface area contributed by atoms with E-state index in [1.54, 1.807) is 10.9 Å². The Bertz CT molecular complexity index is 940. The molecule has 0 aliphatic carbocycles. The Balaban J connectivity index is 1.43. The van der Waals surface area contributed by atoms with E-state index in [4.69, 9.17) is 4.74 Å². The van der Waals surface area contributed by atoms with Gasteiger partial charge in [0.2, 0.25) is 0 Å². The van der Waals surface area contributed by atoms with Crippen LogP contribution in [0.1, 0.15) is 22.7 Å². The number of ether oxygens (including phenoxy) is 1. The molecule has 142 valence electrons. The first-order valence-electron chi connectivity index (χ1n) is 8.99. The topological polar surface area (TPSA) is 101 Å². The van der Waals surface area contributed by atoms with Gasteiger partial charge in [0, 0.05) is 24.8 Å². The Morgan fingerprint density at radius 3 is 3.11 bits per heavy atom. The van der Waals surface area contributed by atoms with Crippen molar-refractivity contribution in [1.29, 1.82) is 0 Å². The Hall–Kier alpha value is -2.78. The maximum atomic E-state index is 12.5. The molecule has 1 aromatic carbocycles. The minimum Gasteiger partial charge on any atom is -0.381 e. The highest BCUT2D eigenvalue weighted by molar-refractivity contribution is 6.03. The third-order valence-electron chi connectivity index (χ3n) is 4.50. The summed E-state index contributed by atoms with van der Waals surface area (Å²) in [4.78, 5) is 22.3. The summed E-state index contributed by atoms with van der Waals surface area (Å²) >= 11 is 0. The first kappa shape index (κ1) is 17.6. The smallest absolute Gasteiger partial charge is 0.277 e. The van der Waals surface area contributed by atoms with E-state index >= 15 is 0 Å². The second kappa shape index (κ2) is 7.45. The highest BCUT2D eigenvalue weighted by atomic mass is 16.5. The molecule has 4 rings (SSSR count). The zero-order chi connectivity index (χ0) is 18.8. The van der Waals surface area contributed by atoms with E-state index in [1.165, 1.54) is 0 Å². The molecule has 1 unspecified atom stereocenters. The molecule has 1 atom stereocenters. The largest absolute Gasteiger partial charge is 0.381 e. The standard InChI is InChI=1S/C18H23N7O2/c1-24(2)10-17-20-14-4-3-13(7-15(14)21-17)19-18(26)16-9-25(23-22-16)8-12-5-6-27-11-12/h3-4,7,9,12H,5-6,8,10-11H2,1-2H3,(H,19,26)(H,20,21). The normalized spacial score (nSPS) is 17.1. The lowest BCUT2D eigenvalue weighted by Crippen LogP contribution is -2.13. The summed E-state index contributed by atoms with van der Waals surface area (Å²) in [5.41, 5.74) is 2.74. The number of rotatable bonds is 6. The average molecular weight is 369 g/mol. The van der Waals surface area contributed by atoms with E-state index in [9.17, 15) is 4.79 Å². The van der Waals surface area contributed by atoms with Crippen molar-refractivity contribution < 1.29 is 9.53 Å². The van der Waals surface area contributed by atoms with E-state index < -0.39 is 0 Å². The number of fused-ring (bicyclic) bond motifs is 1. The molecule has 9 nitrogen and oxygen atoms in total. The third-order valence-corrected chi connectivity index (χ3v) is 4.50. The van der Waals surface area contributed by atoms with Crippen molar-refractivity contribution in [3.63, 3.8) is 0 Å². The second-order valence-electron chi connectivity index (χ2n) is 7.16. The van der Waals surface area contributed by atoms with E-state index in [1.807, 2.05) is 37.2 Å². The lowest BCUT2D eigenvalue weighted by atomic mass is 10.1. The van der Waals surface area contributed by atoms with E-state index in [0.717, 1.165) is 49.6 Å². The number of aromatic amines is 1. The van der Waals surface area contributed by atoms with E-state index in [-0.39, 0.29) is 5.91 Å². The van der Waals surface area contributed by atoms with Crippen molar-refractivity contribution in [2.24, 2.45) is 5.92 Å². The van der Waals surface area contributed by atoms with Gasteiger partial charge in [-0.2, -0.15) is 0 Å². The van der Waals surface area contributed by atoms with Gasteiger partial charge in [-0.05, 0) is 38.7 Å². The molecule has 0 spiro atoms. The van der Waals surface area contributed by atoms with Crippen molar-refractivity contribution in [3.05, 3.63) is 35.9 Å². The van der Waals surface area contributed by atoms with Crippen molar-refractivity contribution in [2.45, 2.75) is 19.5 Å². The molecule has 0 bridgehead atoms. The third kappa shape index (κ3) is 4.15. The zero-order valence-corrected chi connectivity index (χ0v) is 15.5. The number of hydrogen-bond donors (Lipinski definition) is 2. The van der Waals surface area contributed by atoms with Crippen molar-refractivity contribution in [3.8, 4) is 0 Å². The molecule has 2 N–H and O–H groups in total. The van der Waals surface area contributed by atoms with Gasteiger partial charge in [-0.1, -0.05) is 5.21 Å². The molecular formula is C18H23N7O2. The number of carbonyl (C=O) groups excluding carboxylic acids is 1. The lowest BCUT2D eigenvalue weighted by Gasteiger charge is -2.05. The number of nitrogens with zero attached hydrogens (tertiary/aromatic N) is 5. The fourth-order valence-electron chi connectivity index (χ4n) is 3.19. The fourth-order valence-corrected chi connectivity index (χ4v) is 3.19. The summed E-state index contributed by atoms with van der Waals surface area (Å²) < 4.78 is 7.08. The molecule has 0 radical (unpaired) electrons. The quantitative estimate of drug-likeness (QED) is 0.683. The predicted octanol–water partition coefficient (Wildman–Crippen LogP) is 1.50. The van der Waals surface area contributed by atoms with Gasteiger partial charge in [-0.15, -0.1) is 5.10 Å². The zero-order valence-electron chi connectivity index (χ0n) is 15.5. The number of nitrogens with one attached hydrogen (secondary N) is 2. The highest BCUT2D eigenvalue weighted by Gasteiger charge is 2.18. The highest BCUT2D eigenvalue weighted by Crippen LogP contribution is 2.19. The fraction of sp³-hybridized carbons (Fsp3) is 0.444. The summed E-state index contributed by atoms with van der Waals surface area (Å²) in [6.45, 7) is 2.97. The van der Waals surface area contributed by atoms with Gasteiger partial charge in [0.15, 0.2) is 5.69 Å². The van der Waals surface area contributed by atoms with Crippen molar-refractivity contribution >= 4 is 22.6 Å². The Morgan fingerprint density at radius 2 is 2.33 bits per heavy atom. The maximum absolute atomic E-state index is 12.5. The summed E-state index contributed by atoms with van der Waals surface area (Å²) in [6.07, 6.45) is 2.69. The number of H-pyrrole nitrogens is 1. The molecule has 1 aliphatic rings. The Morgan fingerprint density at radius 1 is 1.44 bits per heavy atom. The van der Waals surface area contributed by atoms with Crippen molar-refractivity contribution in [2.75, 3.05) is 32.6 Å². The molecule has 0 saturated carbocycles. The molecule has 27 heavy (non-hydrogen) atoms. The van der Waals surface area contributed by atoms with Gasteiger partial charge in [-0.25, -0.2) is 4.98 Å². The van der Waals surface area contributed by atoms with E-state index in [2.05, 4.69) is 25.6 Å². The number of imidazole rings is 1. The lowest BCUT2D eigenvalue weighted by molar-refractivity contribution is 0.102. The molecule has 2 aromatic heterocycles. The van der Waals surface area contributed by atoms with Gasteiger partial charge in [0.05, 0.1) is 30.4 Å². The van der Waals surface area contributed by atoms with Crippen LogP contribution in [-0.4, -0.2) is 63.1 Å². The van der Waals surface area contributed by atoms with Crippen LogP contribution < -0.4 is 5.32 Å². The maximum Gasteiger partial charge on any atom is 0.277 e. The SMILES string of the molecule is CN(C)Cc1nc2ccc(NC(=O)c3cn(CC4CCOC4)nn3)cc2[nH]1. The molecular weight excluding hydrogens is 346 g/mol. The monoisotopic (exact) mass is 369 g/mol. The Labute approximate surface area is 156 Å². The summed E-state index contributed by atoms with van der Waals surface area (Å²) in [7, 11) is 3.98. The number of hydrogen-bond acceptors (Lipinski definition) is 6. The second-order valence-corrected chi connectivity index (χ2v) is 7.16. The summed E-state index contributed by atoms with van der Waals surface area (Å²) in [5, 5.41) is 10.9. The molecule has 1 amide bonds. The van der Waals surface area contributed by atoms with Crippen LogP contribution in [0.5, 0.6) is 0 Å². The summed E-state index contributed by atoms with van der Waals surface area (Å²) in [6, 6.07) is 5.60. The van der Waals surface area contributed by atoms with Crippen LogP contribution in [0.3, 0.4) is 0 Å². The first-order chi connectivity index (χ1) is 13.1. The van der Waals surface area contributed by atoms with Crippen molar-refractivity contribution in [1.82, 2.24) is 29.9 Å². The van der Waals surface area contributed by atoms with Crippen LogP contribution in [-0.2, 0) is 17.8 Å². The molecule has 1 fully saturated rings. The number of anilines is 1. The number of aromatic nitrogens is 5. The van der Waals surface area contributed by atoms with Gasteiger partial charge in [0.25, 0.3) is 5.91 Å². The average Bonchev–Trinajstić information content (AvgIpc) is 3.35. The first-order valence-corrected chi connectivity index (χ1v) is 8.99. The molecule has 1 saturated heterocycles. The Kier molecular flexibility index (Phi) is 4.87. The van der Waals surface area contributed by atoms with E-state index in [0.29, 0.717) is 17.3 Å². The minimum absolute atomic E-state index is 0.281. The molecule has 3 heterocycles. The van der Waals surface area contributed by atoms with Gasteiger partial charge < -0.3 is 19.9 Å². The summed E-state index contributed by atoms with van der Waals surface area (Å²) in [5.74, 6) is 1.04. The van der Waals surface area contributed by atoms with Crippen LogP contribution in [0.2, 0.25) is 0 Å². The van der Waals surface area contributed by atoms with Gasteiger partial charge in [0.1, 0.15) is 5.82 Å². The number of amides is 1. The molecule has 3 aromatic rings. The van der Waals surface area contributed by atoms with Crippen LogP contribution >= 0.6 is 0 Å². The van der Waals surface area contributed by atoms with Crippen LogP contribution in [0.25, 0.3) is 11.0 Å². The predicted molar refractivity (Wildman–Crippen MR) is 100 cm³/mol. The van der Waals surface area contributed by atoms with Gasteiger partial charge in [-0.3, -0.25) is 9.48 Å².